The van der Waals surface area contributed by atoms with Gasteiger partial charge in [0.15, 0.2) is 0 Å². The second kappa shape index (κ2) is 5.98. The van der Waals surface area contributed by atoms with Crippen LogP contribution in [0.25, 0.3) is 0 Å². The summed E-state index contributed by atoms with van der Waals surface area (Å²) < 4.78 is 28.4. The van der Waals surface area contributed by atoms with Gasteiger partial charge in [0, 0.05) is 11.7 Å². The average molecular weight is 330 g/mol. The first-order valence-electron chi connectivity index (χ1n) is 7.85. The Hall–Kier alpha value is -1.85. The molecule has 0 spiro atoms. The van der Waals surface area contributed by atoms with Crippen LogP contribution in [0.3, 0.4) is 0 Å². The van der Waals surface area contributed by atoms with E-state index < -0.39 is 10.0 Å². The standard InChI is InChI=1S/C18H22N2O2S/c1-12-6-9-18(13(2)10-12)23(21,22)20-17-5-3-4-14-11-15(19)7-8-16(14)17/h6-11,17,20H,3-5,19H2,1-2H3. The highest BCUT2D eigenvalue weighted by Crippen LogP contribution is 2.32. The highest BCUT2D eigenvalue weighted by Gasteiger charge is 2.26. The molecule has 3 N–H and O–H groups in total. The number of sulfonamides is 1. The van der Waals surface area contributed by atoms with Crippen LogP contribution in [0.2, 0.25) is 0 Å². The van der Waals surface area contributed by atoms with Crippen LogP contribution >= 0.6 is 0 Å². The fourth-order valence-electron chi connectivity index (χ4n) is 3.31. The van der Waals surface area contributed by atoms with E-state index >= 15 is 0 Å². The van der Waals surface area contributed by atoms with Crippen molar-refractivity contribution >= 4 is 15.7 Å². The lowest BCUT2D eigenvalue weighted by molar-refractivity contribution is 0.507. The molecule has 0 saturated heterocycles. The molecular weight excluding hydrogens is 308 g/mol. The van der Waals surface area contributed by atoms with Gasteiger partial charge in [0.25, 0.3) is 0 Å². The lowest BCUT2D eigenvalue weighted by Gasteiger charge is -2.26. The Morgan fingerprint density at radius 3 is 2.65 bits per heavy atom. The topological polar surface area (TPSA) is 72.2 Å². The molecule has 2 aromatic rings. The number of hydrogen-bond acceptors (Lipinski definition) is 3. The summed E-state index contributed by atoms with van der Waals surface area (Å²) in [5.41, 5.74) is 10.6. The molecule has 122 valence electrons. The summed E-state index contributed by atoms with van der Waals surface area (Å²) in [5, 5.41) is 0. The third kappa shape index (κ3) is 3.26. The number of nitrogens with two attached hydrogens (primary N) is 1. The molecule has 23 heavy (non-hydrogen) atoms. The number of fused-ring (bicyclic) bond motifs is 1. The van der Waals surface area contributed by atoms with Gasteiger partial charge in [0.05, 0.1) is 4.90 Å². The monoisotopic (exact) mass is 330 g/mol. The maximum atomic E-state index is 12.8. The zero-order chi connectivity index (χ0) is 16.6. The van der Waals surface area contributed by atoms with E-state index in [1.807, 2.05) is 44.2 Å². The fourth-order valence-corrected chi connectivity index (χ4v) is 4.78. The number of nitrogens with one attached hydrogen (secondary N) is 1. The first-order chi connectivity index (χ1) is 10.9. The van der Waals surface area contributed by atoms with Gasteiger partial charge in [-0.25, -0.2) is 13.1 Å². The summed E-state index contributed by atoms with van der Waals surface area (Å²) in [7, 11) is -3.54. The highest BCUT2D eigenvalue weighted by atomic mass is 32.2. The van der Waals surface area contributed by atoms with E-state index in [2.05, 4.69) is 4.72 Å². The van der Waals surface area contributed by atoms with E-state index in [0.29, 0.717) is 4.90 Å². The SMILES string of the molecule is Cc1ccc(S(=O)(=O)NC2CCCc3cc(N)ccc32)c(C)c1. The molecule has 1 aliphatic carbocycles. The Morgan fingerprint density at radius 2 is 1.91 bits per heavy atom. The van der Waals surface area contributed by atoms with Crippen LogP contribution in [0.15, 0.2) is 41.3 Å². The van der Waals surface area contributed by atoms with Crippen molar-refractivity contribution in [2.75, 3.05) is 5.73 Å². The molecule has 0 amide bonds. The van der Waals surface area contributed by atoms with Gasteiger partial charge in [-0.05, 0) is 68.0 Å². The van der Waals surface area contributed by atoms with Crippen LogP contribution in [0.1, 0.15) is 41.1 Å². The van der Waals surface area contributed by atoms with Gasteiger partial charge < -0.3 is 5.73 Å². The van der Waals surface area contributed by atoms with Crippen molar-refractivity contribution in [3.05, 3.63) is 58.7 Å². The Bertz CT molecular complexity index is 844. The summed E-state index contributed by atoms with van der Waals surface area (Å²) >= 11 is 0. The minimum atomic E-state index is -3.54. The van der Waals surface area contributed by atoms with Gasteiger partial charge in [-0.2, -0.15) is 0 Å². The van der Waals surface area contributed by atoms with E-state index in [4.69, 9.17) is 5.73 Å². The molecule has 0 aromatic heterocycles. The molecule has 5 heteroatoms. The summed E-state index contributed by atoms with van der Waals surface area (Å²) in [5.74, 6) is 0. The van der Waals surface area contributed by atoms with E-state index in [9.17, 15) is 8.42 Å². The van der Waals surface area contributed by atoms with Crippen LogP contribution in [-0.4, -0.2) is 8.42 Å². The Kier molecular flexibility index (Phi) is 4.17. The van der Waals surface area contributed by atoms with Crippen molar-refractivity contribution in [3.63, 3.8) is 0 Å². The molecule has 1 aliphatic rings. The quantitative estimate of drug-likeness (QED) is 0.849. The summed E-state index contributed by atoms with van der Waals surface area (Å²) in [6, 6.07) is 10.9. The third-order valence-corrected chi connectivity index (χ3v) is 6.03. The molecule has 0 saturated carbocycles. The average Bonchev–Trinajstić information content (AvgIpc) is 2.46. The lowest BCUT2D eigenvalue weighted by Crippen LogP contribution is -2.31. The van der Waals surface area contributed by atoms with Crippen LogP contribution in [0.4, 0.5) is 5.69 Å². The van der Waals surface area contributed by atoms with Gasteiger partial charge in [-0.3, -0.25) is 0 Å². The number of aryl methyl sites for hydroxylation is 3. The predicted molar refractivity (Wildman–Crippen MR) is 92.8 cm³/mol. The second-order valence-corrected chi connectivity index (χ2v) is 7.98. The van der Waals surface area contributed by atoms with E-state index in [1.165, 1.54) is 0 Å². The molecular formula is C18H22N2O2S. The Balaban J connectivity index is 1.93. The van der Waals surface area contributed by atoms with Crippen molar-refractivity contribution < 1.29 is 8.42 Å². The van der Waals surface area contributed by atoms with Crippen molar-refractivity contribution in [2.45, 2.75) is 44.0 Å². The fraction of sp³-hybridized carbons (Fsp3) is 0.333. The molecule has 1 unspecified atom stereocenters. The predicted octanol–water partition coefficient (Wildman–Crippen LogP) is 3.24. The summed E-state index contributed by atoms with van der Waals surface area (Å²) in [6.45, 7) is 3.79. The van der Waals surface area contributed by atoms with Gasteiger partial charge in [-0.15, -0.1) is 0 Å². The van der Waals surface area contributed by atoms with Crippen LogP contribution in [-0.2, 0) is 16.4 Å². The lowest BCUT2D eigenvalue weighted by atomic mass is 9.88. The minimum absolute atomic E-state index is 0.190. The Labute approximate surface area is 137 Å². The first kappa shape index (κ1) is 16.0. The summed E-state index contributed by atoms with van der Waals surface area (Å²) in [4.78, 5) is 0.352. The van der Waals surface area contributed by atoms with Gasteiger partial charge >= 0.3 is 0 Å². The smallest absolute Gasteiger partial charge is 0.241 e. The number of nitrogen functional groups attached to an aromatic ring is 1. The van der Waals surface area contributed by atoms with Gasteiger partial charge in [0.2, 0.25) is 10.0 Å². The van der Waals surface area contributed by atoms with E-state index in [-0.39, 0.29) is 6.04 Å². The largest absolute Gasteiger partial charge is 0.399 e. The molecule has 3 rings (SSSR count). The first-order valence-corrected chi connectivity index (χ1v) is 9.33. The molecule has 2 aromatic carbocycles. The van der Waals surface area contributed by atoms with Crippen molar-refractivity contribution in [3.8, 4) is 0 Å². The maximum absolute atomic E-state index is 12.8. The molecule has 4 nitrogen and oxygen atoms in total. The molecule has 1 atom stereocenters. The van der Waals surface area contributed by atoms with E-state index in [0.717, 1.165) is 47.2 Å². The van der Waals surface area contributed by atoms with Crippen LogP contribution in [0.5, 0.6) is 0 Å². The van der Waals surface area contributed by atoms with Gasteiger partial charge in [0.1, 0.15) is 0 Å². The number of benzene rings is 2. The normalized spacial score (nSPS) is 17.7. The molecule has 0 aliphatic heterocycles. The number of anilines is 1. The molecule has 0 bridgehead atoms. The highest BCUT2D eigenvalue weighted by molar-refractivity contribution is 7.89. The third-order valence-electron chi connectivity index (χ3n) is 4.40. The second-order valence-electron chi connectivity index (χ2n) is 6.29. The zero-order valence-electron chi connectivity index (χ0n) is 13.5. The van der Waals surface area contributed by atoms with Crippen molar-refractivity contribution in [1.82, 2.24) is 4.72 Å². The zero-order valence-corrected chi connectivity index (χ0v) is 14.3. The van der Waals surface area contributed by atoms with Gasteiger partial charge in [-0.1, -0.05) is 23.8 Å². The van der Waals surface area contributed by atoms with E-state index in [1.54, 1.807) is 6.07 Å². The Morgan fingerprint density at radius 1 is 1.13 bits per heavy atom. The minimum Gasteiger partial charge on any atom is -0.399 e. The molecule has 0 radical (unpaired) electrons. The van der Waals surface area contributed by atoms with Crippen molar-refractivity contribution in [1.29, 1.82) is 0 Å². The maximum Gasteiger partial charge on any atom is 0.241 e. The number of rotatable bonds is 3. The summed E-state index contributed by atoms with van der Waals surface area (Å²) in [6.07, 6.45) is 2.71. The number of hydrogen-bond donors (Lipinski definition) is 2. The molecule has 0 heterocycles. The van der Waals surface area contributed by atoms with Crippen molar-refractivity contribution in [2.24, 2.45) is 0 Å². The van der Waals surface area contributed by atoms with Crippen LogP contribution in [0, 0.1) is 13.8 Å². The molecule has 0 fully saturated rings. The van der Waals surface area contributed by atoms with Crippen LogP contribution < -0.4 is 10.5 Å².